The van der Waals surface area contributed by atoms with Crippen LogP contribution in [0, 0.1) is 12.8 Å². The van der Waals surface area contributed by atoms with Gasteiger partial charge in [0.05, 0.1) is 4.90 Å². The van der Waals surface area contributed by atoms with Gasteiger partial charge in [-0.15, -0.1) is 24.0 Å². The molecule has 0 radical (unpaired) electrons. The Kier molecular flexibility index (Phi) is 9.50. The van der Waals surface area contributed by atoms with E-state index in [-0.39, 0.29) is 35.8 Å². The summed E-state index contributed by atoms with van der Waals surface area (Å²) >= 11 is 0. The van der Waals surface area contributed by atoms with Crippen LogP contribution in [0.3, 0.4) is 0 Å². The standard InChI is InChI=1S/C23H30N4O3S.HI/c1-16-12-18(10-11-21(16)31(3,29)30)15-26-23(24-2)25-14-17-6-4-9-20(13-17)27-22(28)19-7-5-8-19;/h4,6,9-13,19H,5,7-8,14-15H2,1-3H3,(H,27,28)(H2,24,25,26);1H. The number of amides is 1. The third kappa shape index (κ3) is 7.19. The third-order valence-electron chi connectivity index (χ3n) is 5.45. The van der Waals surface area contributed by atoms with Gasteiger partial charge in [-0.05, 0) is 54.7 Å². The highest BCUT2D eigenvalue weighted by Gasteiger charge is 2.25. The Balaban J connectivity index is 0.00000363. The van der Waals surface area contributed by atoms with Crippen LogP contribution in [0.2, 0.25) is 0 Å². The fourth-order valence-electron chi connectivity index (χ4n) is 3.50. The van der Waals surface area contributed by atoms with E-state index >= 15 is 0 Å². The SMILES string of the molecule is CN=C(NCc1cccc(NC(=O)C2CCC2)c1)NCc1ccc(S(C)(=O)=O)c(C)c1.I. The zero-order chi connectivity index (χ0) is 22.4. The van der Waals surface area contributed by atoms with Gasteiger partial charge in [0.1, 0.15) is 0 Å². The van der Waals surface area contributed by atoms with Crippen LogP contribution in [-0.2, 0) is 27.7 Å². The number of benzene rings is 2. The molecule has 2 aromatic rings. The smallest absolute Gasteiger partial charge is 0.227 e. The summed E-state index contributed by atoms with van der Waals surface area (Å²) in [6.45, 7) is 2.87. The Morgan fingerprint density at radius 2 is 1.72 bits per heavy atom. The van der Waals surface area contributed by atoms with Crippen molar-refractivity contribution in [1.29, 1.82) is 0 Å². The number of hydrogen-bond acceptors (Lipinski definition) is 4. The van der Waals surface area contributed by atoms with Crippen molar-refractivity contribution in [2.75, 3.05) is 18.6 Å². The number of nitrogens with one attached hydrogen (secondary N) is 3. The first-order valence-corrected chi connectivity index (χ1v) is 12.3. The van der Waals surface area contributed by atoms with Crippen LogP contribution in [0.5, 0.6) is 0 Å². The van der Waals surface area contributed by atoms with Crippen LogP contribution in [0.4, 0.5) is 5.69 Å². The maximum atomic E-state index is 12.1. The molecule has 1 saturated carbocycles. The molecule has 0 spiro atoms. The highest BCUT2D eigenvalue weighted by Crippen LogP contribution is 2.27. The highest BCUT2D eigenvalue weighted by atomic mass is 127. The summed E-state index contributed by atoms with van der Waals surface area (Å²) in [6, 6.07) is 13.1. The Morgan fingerprint density at radius 3 is 2.25 bits per heavy atom. The van der Waals surface area contributed by atoms with Crippen LogP contribution < -0.4 is 16.0 Å². The molecule has 0 aromatic heterocycles. The molecule has 0 unspecified atom stereocenters. The first-order chi connectivity index (χ1) is 14.8. The van der Waals surface area contributed by atoms with E-state index in [2.05, 4.69) is 20.9 Å². The van der Waals surface area contributed by atoms with Crippen molar-refractivity contribution < 1.29 is 13.2 Å². The van der Waals surface area contributed by atoms with Gasteiger partial charge in [0, 0.05) is 38.0 Å². The Hall–Kier alpha value is -2.14. The molecule has 1 aliphatic rings. The molecular weight excluding hydrogens is 539 g/mol. The van der Waals surface area contributed by atoms with Gasteiger partial charge in [0.2, 0.25) is 5.91 Å². The van der Waals surface area contributed by atoms with Crippen LogP contribution in [0.1, 0.15) is 36.0 Å². The van der Waals surface area contributed by atoms with Gasteiger partial charge in [-0.2, -0.15) is 0 Å². The number of aryl methyl sites for hydroxylation is 1. The van der Waals surface area contributed by atoms with E-state index in [9.17, 15) is 13.2 Å². The predicted octanol–water partition coefficient (Wildman–Crippen LogP) is 3.62. The minimum absolute atomic E-state index is 0. The van der Waals surface area contributed by atoms with E-state index in [1.165, 1.54) is 6.26 Å². The molecule has 3 N–H and O–H groups in total. The highest BCUT2D eigenvalue weighted by molar-refractivity contribution is 14.0. The van der Waals surface area contributed by atoms with Crippen molar-refractivity contribution in [2.45, 2.75) is 44.2 Å². The summed E-state index contributed by atoms with van der Waals surface area (Å²) in [5.41, 5.74) is 3.53. The second kappa shape index (κ2) is 11.6. The largest absolute Gasteiger partial charge is 0.352 e. The van der Waals surface area contributed by atoms with Crippen LogP contribution in [0.25, 0.3) is 0 Å². The van der Waals surface area contributed by atoms with Crippen LogP contribution >= 0.6 is 24.0 Å². The van der Waals surface area contributed by atoms with Gasteiger partial charge in [-0.1, -0.05) is 30.7 Å². The first kappa shape index (κ1) is 26.1. The number of sulfone groups is 1. The summed E-state index contributed by atoms with van der Waals surface area (Å²) in [5, 5.41) is 9.50. The summed E-state index contributed by atoms with van der Waals surface area (Å²) in [5.74, 6) is 0.889. The Morgan fingerprint density at radius 1 is 1.06 bits per heavy atom. The van der Waals surface area contributed by atoms with Crippen LogP contribution in [-0.4, -0.2) is 33.6 Å². The molecule has 7 nitrogen and oxygen atoms in total. The summed E-state index contributed by atoms with van der Waals surface area (Å²) < 4.78 is 23.5. The first-order valence-electron chi connectivity index (χ1n) is 10.4. The number of guanidine groups is 1. The van der Waals surface area contributed by atoms with Crippen molar-refractivity contribution in [3.63, 3.8) is 0 Å². The average molecular weight is 570 g/mol. The number of halogens is 1. The van der Waals surface area contributed by atoms with Crippen molar-refractivity contribution in [3.8, 4) is 0 Å². The number of rotatable bonds is 7. The third-order valence-corrected chi connectivity index (χ3v) is 6.71. The van der Waals surface area contributed by atoms with Gasteiger partial charge in [-0.3, -0.25) is 9.79 Å². The number of carbonyl (C=O) groups excluding carboxylic acids is 1. The maximum absolute atomic E-state index is 12.1. The van der Waals surface area contributed by atoms with E-state index in [4.69, 9.17) is 0 Å². The van der Waals surface area contributed by atoms with E-state index < -0.39 is 9.84 Å². The molecule has 174 valence electrons. The fourth-order valence-corrected chi connectivity index (χ4v) is 4.46. The normalized spacial score (nSPS) is 14.2. The monoisotopic (exact) mass is 570 g/mol. The number of nitrogens with zero attached hydrogens (tertiary/aromatic N) is 1. The quantitative estimate of drug-likeness (QED) is 0.268. The minimum atomic E-state index is -3.22. The zero-order valence-electron chi connectivity index (χ0n) is 18.6. The molecule has 0 aliphatic heterocycles. The number of anilines is 1. The molecule has 0 atom stereocenters. The molecular formula is C23H31IN4O3S. The molecule has 1 fully saturated rings. The zero-order valence-corrected chi connectivity index (χ0v) is 21.8. The summed E-state index contributed by atoms with van der Waals surface area (Å²) in [7, 11) is -1.53. The van der Waals surface area contributed by atoms with Gasteiger partial charge in [0.25, 0.3) is 0 Å². The lowest BCUT2D eigenvalue weighted by molar-refractivity contribution is -0.122. The predicted molar refractivity (Wildman–Crippen MR) is 139 cm³/mol. The van der Waals surface area contributed by atoms with E-state index in [0.717, 1.165) is 41.6 Å². The molecule has 2 aromatic carbocycles. The molecule has 0 saturated heterocycles. The summed E-state index contributed by atoms with van der Waals surface area (Å²) in [6.07, 6.45) is 4.31. The summed E-state index contributed by atoms with van der Waals surface area (Å²) in [4.78, 5) is 16.7. The van der Waals surface area contributed by atoms with Gasteiger partial charge < -0.3 is 16.0 Å². The number of aliphatic imine (C=N–C) groups is 1. The lowest BCUT2D eigenvalue weighted by Gasteiger charge is -2.24. The van der Waals surface area contributed by atoms with Gasteiger partial charge in [0.15, 0.2) is 15.8 Å². The Bertz CT molecular complexity index is 1080. The van der Waals surface area contributed by atoms with Crippen molar-refractivity contribution in [1.82, 2.24) is 10.6 Å². The maximum Gasteiger partial charge on any atom is 0.227 e. The lowest BCUT2D eigenvalue weighted by Crippen LogP contribution is -2.36. The molecule has 0 bridgehead atoms. The fraction of sp³-hybridized carbons (Fsp3) is 0.391. The van der Waals surface area contributed by atoms with Crippen LogP contribution in [0.15, 0.2) is 52.4 Å². The molecule has 9 heteroatoms. The second-order valence-corrected chi connectivity index (χ2v) is 9.95. The lowest BCUT2D eigenvalue weighted by atomic mass is 9.85. The number of hydrogen-bond donors (Lipinski definition) is 3. The number of carbonyl (C=O) groups is 1. The van der Waals surface area contributed by atoms with E-state index in [1.54, 1.807) is 26.1 Å². The van der Waals surface area contributed by atoms with Gasteiger partial charge >= 0.3 is 0 Å². The van der Waals surface area contributed by atoms with Crippen molar-refractivity contribution >= 4 is 51.4 Å². The van der Waals surface area contributed by atoms with Crippen molar-refractivity contribution in [3.05, 3.63) is 59.2 Å². The topological polar surface area (TPSA) is 99.7 Å². The second-order valence-electron chi connectivity index (χ2n) is 7.97. The molecule has 1 amide bonds. The molecule has 3 rings (SSSR count). The molecule has 1 aliphatic carbocycles. The van der Waals surface area contributed by atoms with Crippen molar-refractivity contribution in [2.24, 2.45) is 10.9 Å². The average Bonchev–Trinajstić information content (AvgIpc) is 2.66. The van der Waals surface area contributed by atoms with E-state index in [0.29, 0.717) is 23.9 Å². The Labute approximate surface area is 207 Å². The minimum Gasteiger partial charge on any atom is -0.352 e. The van der Waals surface area contributed by atoms with Gasteiger partial charge in [-0.25, -0.2) is 8.42 Å². The molecule has 32 heavy (non-hydrogen) atoms. The van der Waals surface area contributed by atoms with E-state index in [1.807, 2.05) is 30.3 Å². The molecule has 0 heterocycles.